The van der Waals surface area contributed by atoms with Crippen LogP contribution in [0.3, 0.4) is 0 Å². The van der Waals surface area contributed by atoms with Crippen molar-refractivity contribution in [3.8, 4) is 5.75 Å². The van der Waals surface area contributed by atoms with E-state index in [0.29, 0.717) is 48.3 Å². The summed E-state index contributed by atoms with van der Waals surface area (Å²) in [5.41, 5.74) is -1.32. The maximum atomic E-state index is 13.2. The molecule has 2 N–H and O–H groups in total. The summed E-state index contributed by atoms with van der Waals surface area (Å²) in [5, 5.41) is 11.8. The maximum absolute atomic E-state index is 13.2. The van der Waals surface area contributed by atoms with Gasteiger partial charge in [0.15, 0.2) is 5.60 Å². The summed E-state index contributed by atoms with van der Waals surface area (Å²) in [4.78, 5) is 28.6. The van der Waals surface area contributed by atoms with Gasteiger partial charge in [-0.15, -0.1) is 0 Å². The Hall–Kier alpha value is -1.65. The van der Waals surface area contributed by atoms with Crippen LogP contribution in [0.4, 0.5) is 4.79 Å². The van der Waals surface area contributed by atoms with E-state index in [1.54, 1.807) is 49.8 Å². The van der Waals surface area contributed by atoms with Gasteiger partial charge in [0.1, 0.15) is 18.0 Å². The zero-order chi connectivity index (χ0) is 29.2. The Morgan fingerprint density at radius 1 is 1.15 bits per heavy atom. The number of β-amino-alcohol motifs (C(OH)–C–C–N with tert-alkyl or cyclic N) is 1. The minimum absolute atomic E-state index is 0.0409. The third-order valence-electron chi connectivity index (χ3n) is 6.49. The predicted molar refractivity (Wildman–Crippen MR) is 157 cm³/mol. The lowest BCUT2D eigenvalue weighted by atomic mass is 9.84. The van der Waals surface area contributed by atoms with Gasteiger partial charge in [0.25, 0.3) is 5.91 Å². The summed E-state index contributed by atoms with van der Waals surface area (Å²) in [7, 11) is 0. The number of aliphatic hydroxyl groups is 1. The lowest BCUT2D eigenvalue weighted by Gasteiger charge is -2.48. The molecule has 0 spiro atoms. The first kappa shape index (κ1) is 31.9. The molecule has 39 heavy (non-hydrogen) atoms. The van der Waals surface area contributed by atoms with Gasteiger partial charge >= 0.3 is 6.09 Å². The highest BCUT2D eigenvalue weighted by atomic mass is 35.5. The van der Waals surface area contributed by atoms with E-state index in [1.165, 1.54) is 4.90 Å². The van der Waals surface area contributed by atoms with Crippen molar-refractivity contribution in [2.45, 2.75) is 76.4 Å². The largest absolute Gasteiger partial charge is 0.489 e. The molecule has 1 aromatic carbocycles. The van der Waals surface area contributed by atoms with Crippen LogP contribution in [0.15, 0.2) is 24.8 Å². The van der Waals surface area contributed by atoms with Crippen LogP contribution in [0.1, 0.15) is 66.0 Å². The standard InChI is InChI=1S/C28H41Cl2N3O5S/c1-8-13-37-22-15-21(30)20(29)14-19(22)23(31-39-27(5,6)7)18-9-11-32(12-10-18)24(34)28(36)16-33(17-28)25(35)38-26(2,3)4/h8,14-15,18,23,31,36H,1,9-13,16-17H2,2-7H3. The number of likely N-dealkylation sites (tertiary alicyclic amines) is 2. The van der Waals surface area contributed by atoms with Crippen molar-refractivity contribution in [3.63, 3.8) is 0 Å². The van der Waals surface area contributed by atoms with Crippen molar-refractivity contribution in [1.29, 1.82) is 0 Å². The first-order valence-electron chi connectivity index (χ1n) is 13.2. The first-order chi connectivity index (χ1) is 18.0. The molecule has 2 heterocycles. The van der Waals surface area contributed by atoms with Crippen LogP contribution in [0.25, 0.3) is 0 Å². The molecule has 0 aromatic heterocycles. The second-order valence-corrected chi connectivity index (χ2v) is 14.7. The second-order valence-electron chi connectivity index (χ2n) is 12.2. The molecule has 1 unspecified atom stereocenters. The van der Waals surface area contributed by atoms with Crippen molar-refractivity contribution >= 4 is 47.2 Å². The van der Waals surface area contributed by atoms with Crippen LogP contribution in [0, 0.1) is 5.92 Å². The molecule has 218 valence electrons. The molecule has 11 heteroatoms. The van der Waals surface area contributed by atoms with Crippen molar-refractivity contribution < 1.29 is 24.2 Å². The van der Waals surface area contributed by atoms with Crippen molar-refractivity contribution in [2.75, 3.05) is 32.8 Å². The molecule has 3 rings (SSSR count). The number of halogens is 2. The second kappa shape index (κ2) is 12.5. The molecule has 2 fully saturated rings. The Morgan fingerprint density at radius 2 is 1.74 bits per heavy atom. The van der Waals surface area contributed by atoms with E-state index in [1.807, 2.05) is 6.07 Å². The van der Waals surface area contributed by atoms with E-state index < -0.39 is 17.3 Å². The monoisotopic (exact) mass is 601 g/mol. The smallest absolute Gasteiger partial charge is 0.410 e. The number of piperidine rings is 1. The summed E-state index contributed by atoms with van der Waals surface area (Å²) in [6.07, 6.45) is 2.57. The number of nitrogens with one attached hydrogen (secondary N) is 1. The normalized spacial score (nSPS) is 18.8. The van der Waals surface area contributed by atoms with E-state index in [4.69, 9.17) is 32.7 Å². The molecule has 2 saturated heterocycles. The van der Waals surface area contributed by atoms with Gasteiger partial charge in [-0.3, -0.25) is 9.52 Å². The third kappa shape index (κ3) is 8.43. The molecule has 2 aliphatic rings. The summed E-state index contributed by atoms with van der Waals surface area (Å²) < 4.78 is 14.9. The fraction of sp³-hybridized carbons (Fsp3) is 0.643. The van der Waals surface area contributed by atoms with E-state index >= 15 is 0 Å². The zero-order valence-electron chi connectivity index (χ0n) is 23.7. The highest BCUT2D eigenvalue weighted by Gasteiger charge is 2.52. The highest BCUT2D eigenvalue weighted by Crippen LogP contribution is 2.42. The molecular formula is C28H41Cl2N3O5S. The SMILES string of the molecule is C=CCOc1cc(Cl)c(Cl)cc1C(NSC(C)(C)C)C1CCN(C(=O)C2(O)CN(C(=O)OC(C)(C)C)C2)CC1. The Morgan fingerprint density at radius 3 is 2.28 bits per heavy atom. The average Bonchev–Trinajstić information content (AvgIpc) is 2.81. The molecule has 0 saturated carbocycles. The fourth-order valence-electron chi connectivity index (χ4n) is 4.62. The molecule has 0 bridgehead atoms. The van der Waals surface area contributed by atoms with Crippen LogP contribution < -0.4 is 9.46 Å². The number of rotatable bonds is 8. The minimum Gasteiger partial charge on any atom is -0.489 e. The molecule has 8 nitrogen and oxygen atoms in total. The minimum atomic E-state index is -1.58. The Labute approximate surface area is 246 Å². The number of hydrogen-bond donors (Lipinski definition) is 2. The van der Waals surface area contributed by atoms with Crippen LogP contribution in [-0.4, -0.2) is 75.6 Å². The molecular weight excluding hydrogens is 561 g/mol. The molecule has 2 amide bonds. The van der Waals surface area contributed by atoms with Gasteiger partial charge in [0, 0.05) is 35.5 Å². The molecule has 2 aliphatic heterocycles. The van der Waals surface area contributed by atoms with E-state index in [0.717, 1.165) is 5.56 Å². The van der Waals surface area contributed by atoms with E-state index in [9.17, 15) is 14.7 Å². The summed E-state index contributed by atoms with van der Waals surface area (Å²) in [5.74, 6) is 0.459. The number of carbonyl (C=O) groups excluding carboxylic acids is 2. The van der Waals surface area contributed by atoms with Gasteiger partial charge in [-0.2, -0.15) is 0 Å². The summed E-state index contributed by atoms with van der Waals surface area (Å²) in [6, 6.07) is 3.47. The van der Waals surface area contributed by atoms with Gasteiger partial charge in [-0.05, 0) is 66.4 Å². The Balaban J connectivity index is 1.71. The van der Waals surface area contributed by atoms with Crippen LogP contribution in [0.2, 0.25) is 10.0 Å². The summed E-state index contributed by atoms with van der Waals surface area (Å²) >= 11 is 14.4. The highest BCUT2D eigenvalue weighted by molar-refractivity contribution is 7.98. The van der Waals surface area contributed by atoms with Crippen LogP contribution >= 0.6 is 35.1 Å². The quantitative estimate of drug-likeness (QED) is 0.285. The topological polar surface area (TPSA) is 91.3 Å². The zero-order valence-corrected chi connectivity index (χ0v) is 26.0. The van der Waals surface area contributed by atoms with Gasteiger partial charge in [-0.1, -0.05) is 47.8 Å². The number of benzene rings is 1. The lowest BCUT2D eigenvalue weighted by molar-refractivity contribution is -0.170. The maximum Gasteiger partial charge on any atom is 0.410 e. The average molecular weight is 603 g/mol. The van der Waals surface area contributed by atoms with Gasteiger partial charge in [0.2, 0.25) is 0 Å². The van der Waals surface area contributed by atoms with Crippen molar-refractivity contribution in [1.82, 2.24) is 14.5 Å². The third-order valence-corrected chi connectivity index (χ3v) is 8.20. The Kier molecular flexibility index (Phi) is 10.2. The molecule has 0 aliphatic carbocycles. The van der Waals surface area contributed by atoms with Crippen molar-refractivity contribution in [2.24, 2.45) is 5.92 Å². The first-order valence-corrected chi connectivity index (χ1v) is 14.8. The predicted octanol–water partition coefficient (Wildman–Crippen LogP) is 5.86. The summed E-state index contributed by atoms with van der Waals surface area (Å²) in [6.45, 7) is 16.6. The Bertz CT molecular complexity index is 1060. The van der Waals surface area contributed by atoms with E-state index in [-0.39, 0.29) is 35.7 Å². The van der Waals surface area contributed by atoms with Gasteiger partial charge < -0.3 is 24.4 Å². The number of carbonyl (C=O) groups is 2. The molecule has 0 radical (unpaired) electrons. The van der Waals surface area contributed by atoms with Crippen molar-refractivity contribution in [3.05, 3.63) is 40.4 Å². The number of amides is 2. The number of nitrogens with zero attached hydrogens (tertiary/aromatic N) is 2. The number of ether oxygens (including phenoxy) is 2. The van der Waals surface area contributed by atoms with E-state index in [2.05, 4.69) is 32.1 Å². The van der Waals surface area contributed by atoms with Crippen LogP contribution in [0.5, 0.6) is 5.75 Å². The molecule has 1 aromatic rings. The fourth-order valence-corrected chi connectivity index (χ4v) is 5.75. The van der Waals surface area contributed by atoms with Gasteiger partial charge in [0.05, 0.1) is 23.1 Å². The lowest BCUT2D eigenvalue weighted by Crippen LogP contribution is -2.71. The van der Waals surface area contributed by atoms with Crippen LogP contribution in [-0.2, 0) is 9.53 Å². The van der Waals surface area contributed by atoms with Gasteiger partial charge in [-0.25, -0.2) is 4.79 Å². The number of hydrogen-bond acceptors (Lipinski definition) is 7. The molecule has 1 atom stereocenters.